The van der Waals surface area contributed by atoms with Crippen LogP contribution >= 0.6 is 0 Å². The molecule has 16 heavy (non-hydrogen) atoms. The van der Waals surface area contributed by atoms with E-state index in [4.69, 9.17) is 0 Å². The number of aliphatic hydroxyl groups excluding tert-OH is 1. The standard InChI is InChI=1S/C13H24O3/c1-13(2,3)11-6-4-10(5-7-11)12(15)8-16-9-14/h9-12,15H,4-8H2,1-3H3. The second-order valence-electron chi connectivity index (χ2n) is 5.97. The quantitative estimate of drug-likeness (QED) is 0.751. The van der Waals surface area contributed by atoms with E-state index in [1.54, 1.807) is 0 Å². The van der Waals surface area contributed by atoms with Gasteiger partial charge in [-0.3, -0.25) is 4.79 Å². The summed E-state index contributed by atoms with van der Waals surface area (Å²) in [6.45, 7) is 7.40. The molecule has 1 atom stereocenters. The van der Waals surface area contributed by atoms with Crippen LogP contribution in [0, 0.1) is 17.3 Å². The molecule has 0 spiro atoms. The molecule has 0 bridgehead atoms. The molecule has 1 fully saturated rings. The Kier molecular flexibility index (Phi) is 4.78. The van der Waals surface area contributed by atoms with Gasteiger partial charge in [0.15, 0.2) is 0 Å². The maximum Gasteiger partial charge on any atom is 0.293 e. The SMILES string of the molecule is CC(C)(C)C1CCC(C(O)COC=O)CC1. The average Bonchev–Trinajstić information content (AvgIpc) is 2.25. The number of carbonyl (C=O) groups is 1. The fraction of sp³-hybridized carbons (Fsp3) is 0.923. The Hall–Kier alpha value is -0.570. The molecule has 0 saturated heterocycles. The van der Waals surface area contributed by atoms with Gasteiger partial charge >= 0.3 is 0 Å². The molecule has 1 rings (SSSR count). The smallest absolute Gasteiger partial charge is 0.293 e. The van der Waals surface area contributed by atoms with Crippen molar-refractivity contribution in [2.45, 2.75) is 52.6 Å². The first-order valence-corrected chi connectivity index (χ1v) is 6.18. The molecule has 0 aromatic carbocycles. The highest BCUT2D eigenvalue weighted by Crippen LogP contribution is 2.40. The number of rotatable bonds is 4. The number of ether oxygens (including phenoxy) is 1. The van der Waals surface area contributed by atoms with Gasteiger partial charge in [-0.2, -0.15) is 0 Å². The lowest BCUT2D eigenvalue weighted by atomic mass is 9.69. The van der Waals surface area contributed by atoms with E-state index >= 15 is 0 Å². The van der Waals surface area contributed by atoms with E-state index in [9.17, 15) is 9.90 Å². The minimum Gasteiger partial charge on any atom is -0.465 e. The van der Waals surface area contributed by atoms with Crippen LogP contribution < -0.4 is 0 Å². The Morgan fingerprint density at radius 1 is 1.31 bits per heavy atom. The molecule has 0 radical (unpaired) electrons. The Labute approximate surface area is 98.2 Å². The Balaban J connectivity index is 2.34. The summed E-state index contributed by atoms with van der Waals surface area (Å²) in [5.41, 5.74) is 0.370. The number of carbonyl (C=O) groups excluding carboxylic acids is 1. The van der Waals surface area contributed by atoms with Gasteiger partial charge in [0.2, 0.25) is 0 Å². The minimum absolute atomic E-state index is 0.147. The van der Waals surface area contributed by atoms with E-state index in [1.165, 1.54) is 12.8 Å². The van der Waals surface area contributed by atoms with Gasteiger partial charge in [-0.05, 0) is 42.9 Å². The van der Waals surface area contributed by atoms with Crippen molar-refractivity contribution in [3.8, 4) is 0 Å². The van der Waals surface area contributed by atoms with E-state index in [2.05, 4.69) is 25.5 Å². The van der Waals surface area contributed by atoms with Crippen molar-refractivity contribution < 1.29 is 14.6 Å². The highest BCUT2D eigenvalue weighted by molar-refractivity contribution is 5.36. The van der Waals surface area contributed by atoms with Gasteiger partial charge < -0.3 is 9.84 Å². The van der Waals surface area contributed by atoms with Gasteiger partial charge in [-0.1, -0.05) is 20.8 Å². The molecule has 1 saturated carbocycles. The molecule has 3 heteroatoms. The zero-order valence-corrected chi connectivity index (χ0v) is 10.6. The van der Waals surface area contributed by atoms with Crippen molar-refractivity contribution >= 4 is 6.47 Å². The summed E-state index contributed by atoms with van der Waals surface area (Å²) in [6, 6.07) is 0. The van der Waals surface area contributed by atoms with Crippen molar-refractivity contribution in [2.24, 2.45) is 17.3 Å². The average molecular weight is 228 g/mol. The molecule has 1 aliphatic carbocycles. The predicted molar refractivity (Wildman–Crippen MR) is 62.9 cm³/mol. The van der Waals surface area contributed by atoms with Gasteiger partial charge in [0, 0.05) is 0 Å². The second-order valence-corrected chi connectivity index (χ2v) is 5.97. The van der Waals surface area contributed by atoms with Crippen LogP contribution in [0.15, 0.2) is 0 Å². The van der Waals surface area contributed by atoms with Gasteiger partial charge in [0.1, 0.15) is 6.61 Å². The molecule has 0 amide bonds. The van der Waals surface area contributed by atoms with Crippen molar-refractivity contribution in [1.29, 1.82) is 0 Å². The van der Waals surface area contributed by atoms with Crippen molar-refractivity contribution in [3.05, 3.63) is 0 Å². The Bertz CT molecular complexity index is 212. The highest BCUT2D eigenvalue weighted by atomic mass is 16.5. The molecule has 0 aromatic heterocycles. The van der Waals surface area contributed by atoms with Crippen LogP contribution in [0.2, 0.25) is 0 Å². The largest absolute Gasteiger partial charge is 0.465 e. The molecule has 1 aliphatic rings. The van der Waals surface area contributed by atoms with Crippen molar-refractivity contribution in [2.75, 3.05) is 6.61 Å². The van der Waals surface area contributed by atoms with E-state index in [1.807, 2.05) is 0 Å². The molecule has 1 unspecified atom stereocenters. The Morgan fingerprint density at radius 2 is 1.88 bits per heavy atom. The lowest BCUT2D eigenvalue weighted by Gasteiger charge is -2.38. The topological polar surface area (TPSA) is 46.5 Å². The molecular weight excluding hydrogens is 204 g/mol. The second kappa shape index (κ2) is 5.67. The van der Waals surface area contributed by atoms with Crippen LogP contribution in [0.3, 0.4) is 0 Å². The summed E-state index contributed by atoms with van der Waals surface area (Å²) in [4.78, 5) is 10.0. The van der Waals surface area contributed by atoms with Crippen LogP contribution in [-0.2, 0) is 9.53 Å². The van der Waals surface area contributed by atoms with Crippen LogP contribution in [0.25, 0.3) is 0 Å². The highest BCUT2D eigenvalue weighted by Gasteiger charge is 2.32. The lowest BCUT2D eigenvalue weighted by Crippen LogP contribution is -2.32. The molecule has 0 aromatic rings. The van der Waals surface area contributed by atoms with Crippen LogP contribution in [0.5, 0.6) is 0 Å². The fourth-order valence-corrected chi connectivity index (χ4v) is 2.64. The summed E-state index contributed by atoms with van der Waals surface area (Å²) < 4.78 is 4.61. The lowest BCUT2D eigenvalue weighted by molar-refractivity contribution is -0.133. The van der Waals surface area contributed by atoms with Gasteiger partial charge in [0.25, 0.3) is 6.47 Å². The third-order valence-electron chi connectivity index (χ3n) is 3.88. The summed E-state index contributed by atoms with van der Waals surface area (Å²) in [5.74, 6) is 1.06. The van der Waals surface area contributed by atoms with Crippen molar-refractivity contribution in [3.63, 3.8) is 0 Å². The summed E-state index contributed by atoms with van der Waals surface area (Å²) in [6.07, 6.45) is 3.96. The number of hydrogen-bond donors (Lipinski definition) is 1. The first-order valence-electron chi connectivity index (χ1n) is 6.18. The van der Waals surface area contributed by atoms with Crippen LogP contribution in [0.4, 0.5) is 0 Å². The third kappa shape index (κ3) is 3.78. The molecule has 1 N–H and O–H groups in total. The van der Waals surface area contributed by atoms with E-state index in [0.717, 1.165) is 18.8 Å². The Morgan fingerprint density at radius 3 is 2.31 bits per heavy atom. The summed E-state index contributed by atoms with van der Waals surface area (Å²) >= 11 is 0. The zero-order chi connectivity index (χ0) is 12.2. The summed E-state index contributed by atoms with van der Waals surface area (Å²) in [5, 5.41) is 9.81. The van der Waals surface area contributed by atoms with Crippen LogP contribution in [-0.4, -0.2) is 24.3 Å². The maximum absolute atomic E-state index is 10.0. The third-order valence-corrected chi connectivity index (χ3v) is 3.88. The molecule has 0 aliphatic heterocycles. The normalized spacial score (nSPS) is 28.5. The van der Waals surface area contributed by atoms with Crippen molar-refractivity contribution in [1.82, 2.24) is 0 Å². The fourth-order valence-electron chi connectivity index (χ4n) is 2.64. The first-order chi connectivity index (χ1) is 7.45. The maximum atomic E-state index is 10.0. The van der Waals surface area contributed by atoms with E-state index < -0.39 is 6.10 Å². The zero-order valence-electron chi connectivity index (χ0n) is 10.6. The number of hydrogen-bond acceptors (Lipinski definition) is 3. The molecule has 3 nitrogen and oxygen atoms in total. The van der Waals surface area contributed by atoms with E-state index in [-0.39, 0.29) is 6.61 Å². The minimum atomic E-state index is -0.480. The molecular formula is C13H24O3. The van der Waals surface area contributed by atoms with Gasteiger partial charge in [-0.15, -0.1) is 0 Å². The summed E-state index contributed by atoms with van der Waals surface area (Å²) in [7, 11) is 0. The van der Waals surface area contributed by atoms with Crippen LogP contribution in [0.1, 0.15) is 46.5 Å². The van der Waals surface area contributed by atoms with Gasteiger partial charge in [0.05, 0.1) is 6.10 Å². The molecule has 94 valence electrons. The number of aliphatic hydroxyl groups is 1. The monoisotopic (exact) mass is 228 g/mol. The van der Waals surface area contributed by atoms with Gasteiger partial charge in [-0.25, -0.2) is 0 Å². The predicted octanol–water partition coefficient (Wildman–Crippen LogP) is 2.37. The first kappa shape index (κ1) is 13.5. The molecule has 0 heterocycles. The van der Waals surface area contributed by atoms with E-state index in [0.29, 0.717) is 17.8 Å².